The number of nitrogens with one attached hydrogen (secondary N) is 1. The first kappa shape index (κ1) is 15.9. The first-order chi connectivity index (χ1) is 8.88. The molecule has 0 saturated heterocycles. The molecule has 1 rings (SSSR count). The van der Waals surface area contributed by atoms with Gasteiger partial charge in [0, 0.05) is 19.8 Å². The van der Waals surface area contributed by atoms with Crippen molar-refractivity contribution in [2.75, 3.05) is 33.5 Å². The molecule has 1 N–H and O–H groups in total. The van der Waals surface area contributed by atoms with Crippen molar-refractivity contribution in [3.05, 3.63) is 0 Å². The van der Waals surface area contributed by atoms with Gasteiger partial charge >= 0.3 is 0 Å². The minimum absolute atomic E-state index is 0.713. The summed E-state index contributed by atoms with van der Waals surface area (Å²) >= 11 is 0. The standard InChI is InChI=1S/C15H31NO2/c1-3-10-16-15(14-8-9-14)7-5-4-6-11-18-13-12-17-2/h14-16H,3-13H2,1-2H3. The molecule has 0 heterocycles. The van der Waals surface area contributed by atoms with Gasteiger partial charge in [0.1, 0.15) is 0 Å². The van der Waals surface area contributed by atoms with Crippen molar-refractivity contribution in [3.8, 4) is 0 Å². The number of unbranched alkanes of at least 4 members (excludes halogenated alkanes) is 2. The molecule has 1 unspecified atom stereocenters. The van der Waals surface area contributed by atoms with E-state index in [4.69, 9.17) is 9.47 Å². The number of hydrogen-bond acceptors (Lipinski definition) is 3. The Morgan fingerprint density at radius 1 is 1.11 bits per heavy atom. The molecule has 1 fully saturated rings. The zero-order chi connectivity index (χ0) is 13.1. The van der Waals surface area contributed by atoms with E-state index in [1.807, 2.05) is 0 Å². The average Bonchev–Trinajstić information content (AvgIpc) is 3.20. The van der Waals surface area contributed by atoms with E-state index in [0.29, 0.717) is 6.61 Å². The fraction of sp³-hybridized carbons (Fsp3) is 1.00. The topological polar surface area (TPSA) is 30.5 Å². The highest BCUT2D eigenvalue weighted by atomic mass is 16.5. The summed E-state index contributed by atoms with van der Waals surface area (Å²) in [6.45, 7) is 5.76. The molecule has 0 bridgehead atoms. The van der Waals surface area contributed by atoms with Crippen LogP contribution in [0.5, 0.6) is 0 Å². The Morgan fingerprint density at radius 3 is 2.61 bits per heavy atom. The summed E-state index contributed by atoms with van der Waals surface area (Å²) in [6.07, 6.45) is 9.31. The predicted molar refractivity (Wildman–Crippen MR) is 76.0 cm³/mol. The lowest BCUT2D eigenvalue weighted by Gasteiger charge is -2.17. The van der Waals surface area contributed by atoms with Crippen LogP contribution < -0.4 is 5.32 Å². The molecule has 3 heteroatoms. The van der Waals surface area contributed by atoms with Crippen LogP contribution in [-0.2, 0) is 9.47 Å². The maximum absolute atomic E-state index is 5.47. The first-order valence-electron chi connectivity index (χ1n) is 7.68. The van der Waals surface area contributed by atoms with Gasteiger partial charge < -0.3 is 14.8 Å². The number of hydrogen-bond donors (Lipinski definition) is 1. The molecule has 108 valence electrons. The van der Waals surface area contributed by atoms with Gasteiger partial charge in [-0.1, -0.05) is 19.8 Å². The molecule has 0 aromatic heterocycles. The highest BCUT2D eigenvalue weighted by Crippen LogP contribution is 2.34. The Balaban J connectivity index is 1.88. The molecule has 0 aromatic carbocycles. The first-order valence-corrected chi connectivity index (χ1v) is 7.68. The van der Waals surface area contributed by atoms with E-state index in [1.54, 1.807) is 7.11 Å². The van der Waals surface area contributed by atoms with Crippen molar-refractivity contribution in [1.29, 1.82) is 0 Å². The second-order valence-corrected chi connectivity index (χ2v) is 5.35. The Kier molecular flexibility index (Phi) is 9.54. The monoisotopic (exact) mass is 257 g/mol. The maximum atomic E-state index is 5.47. The maximum Gasteiger partial charge on any atom is 0.0700 e. The number of ether oxygens (including phenoxy) is 2. The molecule has 0 radical (unpaired) electrons. The number of rotatable bonds is 13. The zero-order valence-corrected chi connectivity index (χ0v) is 12.2. The lowest BCUT2D eigenvalue weighted by atomic mass is 10.0. The third-order valence-electron chi connectivity index (χ3n) is 3.58. The van der Waals surface area contributed by atoms with Crippen LogP contribution in [0.3, 0.4) is 0 Å². The number of methoxy groups -OCH3 is 1. The van der Waals surface area contributed by atoms with Gasteiger partial charge in [-0.2, -0.15) is 0 Å². The van der Waals surface area contributed by atoms with Crippen molar-refractivity contribution in [2.45, 2.75) is 57.9 Å². The van der Waals surface area contributed by atoms with Crippen molar-refractivity contribution < 1.29 is 9.47 Å². The third kappa shape index (κ3) is 8.06. The van der Waals surface area contributed by atoms with Gasteiger partial charge in [0.05, 0.1) is 13.2 Å². The third-order valence-corrected chi connectivity index (χ3v) is 3.58. The van der Waals surface area contributed by atoms with Crippen LogP contribution in [0.15, 0.2) is 0 Å². The van der Waals surface area contributed by atoms with Crippen molar-refractivity contribution in [1.82, 2.24) is 5.32 Å². The van der Waals surface area contributed by atoms with Gasteiger partial charge in [-0.25, -0.2) is 0 Å². The van der Waals surface area contributed by atoms with Gasteiger partial charge in [-0.3, -0.25) is 0 Å². The Hall–Kier alpha value is -0.120. The summed E-state index contributed by atoms with van der Waals surface area (Å²) in [6, 6.07) is 0.791. The Bertz CT molecular complexity index is 183. The molecule has 1 aliphatic carbocycles. The summed E-state index contributed by atoms with van der Waals surface area (Å²) in [5, 5.41) is 3.70. The Labute approximate surface area is 113 Å². The summed E-state index contributed by atoms with van der Waals surface area (Å²) in [4.78, 5) is 0. The summed E-state index contributed by atoms with van der Waals surface area (Å²) < 4.78 is 10.4. The van der Waals surface area contributed by atoms with E-state index < -0.39 is 0 Å². The summed E-state index contributed by atoms with van der Waals surface area (Å²) in [5.74, 6) is 0.981. The van der Waals surface area contributed by atoms with Crippen molar-refractivity contribution in [3.63, 3.8) is 0 Å². The zero-order valence-electron chi connectivity index (χ0n) is 12.2. The molecule has 1 saturated carbocycles. The highest BCUT2D eigenvalue weighted by Gasteiger charge is 2.29. The molecule has 18 heavy (non-hydrogen) atoms. The summed E-state index contributed by atoms with van der Waals surface area (Å²) in [5.41, 5.74) is 0. The van der Waals surface area contributed by atoms with E-state index in [-0.39, 0.29) is 0 Å². The van der Waals surface area contributed by atoms with Crippen LogP contribution in [0, 0.1) is 5.92 Å². The van der Waals surface area contributed by atoms with E-state index in [1.165, 1.54) is 51.5 Å². The molecule has 3 nitrogen and oxygen atoms in total. The predicted octanol–water partition coefficient (Wildman–Crippen LogP) is 2.99. The molecule has 1 aliphatic rings. The molecule has 1 atom stereocenters. The van der Waals surface area contributed by atoms with Crippen LogP contribution >= 0.6 is 0 Å². The van der Waals surface area contributed by atoms with Gasteiger partial charge in [0.2, 0.25) is 0 Å². The molecule has 0 aromatic rings. The van der Waals surface area contributed by atoms with E-state index in [9.17, 15) is 0 Å². The van der Waals surface area contributed by atoms with Gasteiger partial charge in [-0.15, -0.1) is 0 Å². The van der Waals surface area contributed by atoms with Crippen LogP contribution in [0.25, 0.3) is 0 Å². The van der Waals surface area contributed by atoms with Crippen LogP contribution in [0.1, 0.15) is 51.9 Å². The van der Waals surface area contributed by atoms with E-state index >= 15 is 0 Å². The molecule has 0 amide bonds. The van der Waals surface area contributed by atoms with Gasteiger partial charge in [0.25, 0.3) is 0 Å². The fourth-order valence-corrected chi connectivity index (χ4v) is 2.32. The Morgan fingerprint density at radius 2 is 1.94 bits per heavy atom. The van der Waals surface area contributed by atoms with Crippen molar-refractivity contribution in [2.24, 2.45) is 5.92 Å². The smallest absolute Gasteiger partial charge is 0.0700 e. The fourth-order valence-electron chi connectivity index (χ4n) is 2.32. The molecular formula is C15H31NO2. The van der Waals surface area contributed by atoms with Crippen LogP contribution in [0.4, 0.5) is 0 Å². The highest BCUT2D eigenvalue weighted by molar-refractivity contribution is 4.86. The van der Waals surface area contributed by atoms with Crippen LogP contribution in [-0.4, -0.2) is 39.5 Å². The second-order valence-electron chi connectivity index (χ2n) is 5.35. The largest absolute Gasteiger partial charge is 0.382 e. The minimum atomic E-state index is 0.713. The van der Waals surface area contributed by atoms with Crippen LogP contribution in [0.2, 0.25) is 0 Å². The van der Waals surface area contributed by atoms with Gasteiger partial charge in [-0.05, 0) is 44.6 Å². The molecule has 0 spiro atoms. The molecular weight excluding hydrogens is 226 g/mol. The van der Waals surface area contributed by atoms with E-state index in [0.717, 1.165) is 25.2 Å². The lowest BCUT2D eigenvalue weighted by Crippen LogP contribution is -2.31. The van der Waals surface area contributed by atoms with Gasteiger partial charge in [0.15, 0.2) is 0 Å². The van der Waals surface area contributed by atoms with E-state index in [2.05, 4.69) is 12.2 Å². The summed E-state index contributed by atoms with van der Waals surface area (Å²) in [7, 11) is 1.71. The average molecular weight is 257 g/mol. The lowest BCUT2D eigenvalue weighted by molar-refractivity contribution is 0.0685. The normalized spacial score (nSPS) is 17.0. The van der Waals surface area contributed by atoms with Crippen molar-refractivity contribution >= 4 is 0 Å². The SMILES string of the molecule is CCCNC(CCCCCOCCOC)C1CC1. The quantitative estimate of drug-likeness (QED) is 0.515. The minimum Gasteiger partial charge on any atom is -0.382 e. The second kappa shape index (κ2) is 10.8. The molecule has 0 aliphatic heterocycles.